The van der Waals surface area contributed by atoms with E-state index in [-0.39, 0.29) is 30.0 Å². The van der Waals surface area contributed by atoms with Gasteiger partial charge in [-0.15, -0.1) is 0 Å². The van der Waals surface area contributed by atoms with Crippen molar-refractivity contribution in [3.8, 4) is 11.5 Å². The van der Waals surface area contributed by atoms with Gasteiger partial charge in [-0.3, -0.25) is 4.98 Å². The molecule has 1 saturated heterocycles. The van der Waals surface area contributed by atoms with Crippen LogP contribution in [0.3, 0.4) is 0 Å². The number of aliphatic hydroxyl groups excluding tert-OH is 1. The minimum Gasteiger partial charge on any atom is -0.394 e. The monoisotopic (exact) mass is 324 g/mol. The third-order valence-electron chi connectivity index (χ3n) is 3.78. The first kappa shape index (κ1) is 15.7. The van der Waals surface area contributed by atoms with Crippen molar-refractivity contribution in [2.75, 3.05) is 18.1 Å². The van der Waals surface area contributed by atoms with Gasteiger partial charge in [0.25, 0.3) is 0 Å². The summed E-state index contributed by atoms with van der Waals surface area (Å²) in [4.78, 5) is 13.6. The molecule has 8 heteroatoms. The van der Waals surface area contributed by atoms with Gasteiger partial charge in [-0.1, -0.05) is 6.07 Å². The predicted octanol–water partition coefficient (Wildman–Crippen LogP) is 2.52. The molecule has 1 atom stereocenters. The molecule has 5 nitrogen and oxygen atoms in total. The summed E-state index contributed by atoms with van der Waals surface area (Å²) in [6.07, 6.45) is -1.57. The number of alkyl halides is 3. The zero-order chi connectivity index (χ0) is 16.4. The lowest BCUT2D eigenvalue weighted by atomic mass is 10.2. The molecule has 0 aromatic carbocycles. The highest BCUT2D eigenvalue weighted by Crippen LogP contribution is 2.33. The number of pyridine rings is 1. The molecule has 23 heavy (non-hydrogen) atoms. The zero-order valence-corrected chi connectivity index (χ0v) is 12.2. The highest BCUT2D eigenvalue weighted by molar-refractivity contribution is 5.54. The third kappa shape index (κ3) is 3.26. The van der Waals surface area contributed by atoms with Crippen molar-refractivity contribution in [3.63, 3.8) is 0 Å². The van der Waals surface area contributed by atoms with Gasteiger partial charge >= 0.3 is 6.18 Å². The molecule has 1 aliphatic rings. The summed E-state index contributed by atoms with van der Waals surface area (Å²) >= 11 is 0. The van der Waals surface area contributed by atoms with Crippen LogP contribution in [0, 0.1) is 0 Å². The maximum Gasteiger partial charge on any atom is 0.433 e. The van der Waals surface area contributed by atoms with Gasteiger partial charge in [-0.25, -0.2) is 9.97 Å². The molecule has 1 fully saturated rings. The Labute approximate surface area is 130 Å². The number of hydrogen-bond donors (Lipinski definition) is 1. The van der Waals surface area contributed by atoms with E-state index in [9.17, 15) is 18.3 Å². The molecule has 0 spiro atoms. The van der Waals surface area contributed by atoms with Crippen LogP contribution >= 0.6 is 0 Å². The SMILES string of the molecule is OCC1CCCN1c1cc(C(F)(F)F)nc(-c2ccccn2)n1. The van der Waals surface area contributed by atoms with Crippen LogP contribution < -0.4 is 4.90 Å². The summed E-state index contributed by atoms with van der Waals surface area (Å²) in [5, 5.41) is 9.39. The van der Waals surface area contributed by atoms with Crippen molar-refractivity contribution >= 4 is 5.82 Å². The molecule has 3 heterocycles. The van der Waals surface area contributed by atoms with E-state index in [1.807, 2.05) is 0 Å². The molecule has 3 rings (SSSR count). The lowest BCUT2D eigenvalue weighted by molar-refractivity contribution is -0.141. The summed E-state index contributed by atoms with van der Waals surface area (Å²) in [7, 11) is 0. The topological polar surface area (TPSA) is 62.1 Å². The molecule has 122 valence electrons. The van der Waals surface area contributed by atoms with Gasteiger partial charge in [-0.2, -0.15) is 13.2 Å². The van der Waals surface area contributed by atoms with Crippen molar-refractivity contribution in [2.45, 2.75) is 25.1 Å². The number of anilines is 1. The van der Waals surface area contributed by atoms with Crippen LogP contribution in [0.25, 0.3) is 11.5 Å². The van der Waals surface area contributed by atoms with Crippen molar-refractivity contribution in [1.29, 1.82) is 0 Å². The molecule has 1 N–H and O–H groups in total. The molecular weight excluding hydrogens is 309 g/mol. The number of nitrogens with zero attached hydrogens (tertiary/aromatic N) is 4. The minimum absolute atomic E-state index is 0.0704. The first-order chi connectivity index (χ1) is 11.0. The number of halogens is 3. The van der Waals surface area contributed by atoms with E-state index in [0.29, 0.717) is 6.54 Å². The van der Waals surface area contributed by atoms with Crippen LogP contribution in [0.1, 0.15) is 18.5 Å². The van der Waals surface area contributed by atoms with Gasteiger partial charge < -0.3 is 10.0 Å². The maximum atomic E-state index is 13.2. The molecule has 2 aromatic rings. The Morgan fingerprint density at radius 3 is 2.74 bits per heavy atom. The molecule has 0 radical (unpaired) electrons. The van der Waals surface area contributed by atoms with E-state index < -0.39 is 11.9 Å². The van der Waals surface area contributed by atoms with Gasteiger partial charge in [0.05, 0.1) is 12.6 Å². The van der Waals surface area contributed by atoms with E-state index in [2.05, 4.69) is 15.0 Å². The molecule has 0 saturated carbocycles. The molecular formula is C15H15F3N4O. The highest BCUT2D eigenvalue weighted by atomic mass is 19.4. The van der Waals surface area contributed by atoms with Gasteiger partial charge in [0.2, 0.25) is 0 Å². The van der Waals surface area contributed by atoms with E-state index in [0.717, 1.165) is 18.9 Å². The highest BCUT2D eigenvalue weighted by Gasteiger charge is 2.35. The standard InChI is InChI=1S/C15H15F3N4O/c16-15(17,18)12-8-13(22-7-3-4-10(22)9-23)21-14(20-12)11-5-1-2-6-19-11/h1-2,5-6,8,10,23H,3-4,7,9H2. The fraction of sp³-hybridized carbons (Fsp3) is 0.400. The van der Waals surface area contributed by atoms with Crippen LogP contribution in [0.5, 0.6) is 0 Å². The van der Waals surface area contributed by atoms with E-state index in [1.165, 1.54) is 6.20 Å². The summed E-state index contributed by atoms with van der Waals surface area (Å²) < 4.78 is 39.5. The third-order valence-corrected chi connectivity index (χ3v) is 3.78. The Balaban J connectivity index is 2.09. The number of hydrogen-bond acceptors (Lipinski definition) is 5. The van der Waals surface area contributed by atoms with E-state index >= 15 is 0 Å². The summed E-state index contributed by atoms with van der Waals surface area (Å²) in [5.74, 6) is 0.101. The van der Waals surface area contributed by atoms with Gasteiger partial charge in [0.15, 0.2) is 11.5 Å². The first-order valence-corrected chi connectivity index (χ1v) is 7.24. The second-order valence-electron chi connectivity index (χ2n) is 5.32. The van der Waals surface area contributed by atoms with Crippen LogP contribution in [0.15, 0.2) is 30.5 Å². The lowest BCUT2D eigenvalue weighted by Crippen LogP contribution is -2.33. The average molecular weight is 324 g/mol. The fourth-order valence-electron chi connectivity index (χ4n) is 2.66. The average Bonchev–Trinajstić information content (AvgIpc) is 3.03. The summed E-state index contributed by atoms with van der Waals surface area (Å²) in [6, 6.07) is 5.61. The molecule has 1 aliphatic heterocycles. The molecule has 1 unspecified atom stereocenters. The fourth-order valence-corrected chi connectivity index (χ4v) is 2.66. The van der Waals surface area contributed by atoms with Crippen LogP contribution in [0.4, 0.5) is 19.0 Å². The summed E-state index contributed by atoms with van der Waals surface area (Å²) in [5.41, 5.74) is -0.730. The van der Waals surface area contributed by atoms with Gasteiger partial charge in [-0.05, 0) is 25.0 Å². The second-order valence-corrected chi connectivity index (χ2v) is 5.32. The maximum absolute atomic E-state index is 13.2. The Morgan fingerprint density at radius 2 is 2.09 bits per heavy atom. The quantitative estimate of drug-likeness (QED) is 0.940. The van der Waals surface area contributed by atoms with Crippen molar-refractivity contribution in [3.05, 3.63) is 36.2 Å². The zero-order valence-electron chi connectivity index (χ0n) is 12.2. The van der Waals surface area contributed by atoms with Gasteiger partial charge in [0, 0.05) is 18.8 Å². The van der Waals surface area contributed by atoms with Crippen molar-refractivity contribution < 1.29 is 18.3 Å². The smallest absolute Gasteiger partial charge is 0.394 e. The lowest BCUT2D eigenvalue weighted by Gasteiger charge is -2.25. The number of rotatable bonds is 3. The minimum atomic E-state index is -4.57. The molecule has 0 aliphatic carbocycles. The predicted molar refractivity (Wildman–Crippen MR) is 77.7 cm³/mol. The largest absolute Gasteiger partial charge is 0.433 e. The van der Waals surface area contributed by atoms with Crippen LogP contribution in [-0.4, -0.2) is 39.3 Å². The van der Waals surface area contributed by atoms with Gasteiger partial charge in [0.1, 0.15) is 11.5 Å². The molecule has 0 amide bonds. The Morgan fingerprint density at radius 1 is 1.26 bits per heavy atom. The Bertz CT molecular complexity index is 678. The molecule has 0 bridgehead atoms. The normalized spacial score (nSPS) is 18.4. The summed E-state index contributed by atoms with van der Waals surface area (Å²) in [6.45, 7) is 0.436. The number of aliphatic hydroxyl groups is 1. The van der Waals surface area contributed by atoms with E-state index in [4.69, 9.17) is 0 Å². The van der Waals surface area contributed by atoms with Crippen molar-refractivity contribution in [1.82, 2.24) is 15.0 Å². The molecule has 2 aromatic heterocycles. The van der Waals surface area contributed by atoms with Crippen LogP contribution in [0.2, 0.25) is 0 Å². The van der Waals surface area contributed by atoms with E-state index in [1.54, 1.807) is 23.1 Å². The number of aromatic nitrogens is 3. The van der Waals surface area contributed by atoms with Crippen LogP contribution in [-0.2, 0) is 6.18 Å². The Hall–Kier alpha value is -2.22. The van der Waals surface area contributed by atoms with Crippen molar-refractivity contribution in [2.24, 2.45) is 0 Å². The second kappa shape index (κ2) is 6.11. The first-order valence-electron chi connectivity index (χ1n) is 7.24. The Kier molecular flexibility index (Phi) is 4.16.